The first-order chi connectivity index (χ1) is 17.7. The highest BCUT2D eigenvalue weighted by atomic mass is 19.4. The predicted octanol–water partition coefficient (Wildman–Crippen LogP) is 3.47. The summed E-state index contributed by atoms with van der Waals surface area (Å²) in [6.07, 6.45) is -1.47. The maximum Gasteiger partial charge on any atom is 0.408 e. The van der Waals surface area contributed by atoms with Crippen molar-refractivity contribution in [3.05, 3.63) is 47.7 Å². The summed E-state index contributed by atoms with van der Waals surface area (Å²) in [7, 11) is 3.92. The molecule has 200 valence electrons. The molecule has 1 aromatic carbocycles. The van der Waals surface area contributed by atoms with Crippen LogP contribution >= 0.6 is 0 Å². The topological polar surface area (TPSA) is 84.3 Å². The van der Waals surface area contributed by atoms with Gasteiger partial charge in [0.2, 0.25) is 0 Å². The molecule has 8 nitrogen and oxygen atoms in total. The van der Waals surface area contributed by atoms with E-state index in [0.717, 1.165) is 41.7 Å². The Morgan fingerprint density at radius 1 is 1.24 bits per heavy atom. The van der Waals surface area contributed by atoms with E-state index in [0.29, 0.717) is 43.3 Å². The Labute approximate surface area is 214 Å². The van der Waals surface area contributed by atoms with Crippen LogP contribution in [0.15, 0.2) is 36.5 Å². The average molecular weight is 519 g/mol. The van der Waals surface area contributed by atoms with Crippen LogP contribution < -0.4 is 10.6 Å². The number of pyridine rings is 1. The first-order valence-electron chi connectivity index (χ1n) is 12.4. The molecule has 1 aliphatic rings. The number of carbonyl (C=O) groups excluding carboxylic acids is 1. The molecule has 11 heteroatoms. The minimum atomic E-state index is -4.47. The van der Waals surface area contributed by atoms with Crippen LogP contribution in [0.3, 0.4) is 0 Å². The summed E-state index contributed by atoms with van der Waals surface area (Å²) in [6.45, 7) is 2.92. The highest BCUT2D eigenvalue weighted by Gasteiger charge is 2.30. The SMILES string of the molecule is CNCCN(C)Cc1cccc(-c2cc(C(=O)NCC3CCOCC3)c3cnn(CC(F)(F)F)c3n2)c1. The van der Waals surface area contributed by atoms with Gasteiger partial charge in [0.15, 0.2) is 5.65 Å². The van der Waals surface area contributed by atoms with Crippen molar-refractivity contribution in [1.29, 1.82) is 0 Å². The van der Waals surface area contributed by atoms with Gasteiger partial charge in [-0.1, -0.05) is 18.2 Å². The Hall–Kier alpha value is -3.02. The largest absolute Gasteiger partial charge is 0.408 e. The molecule has 0 radical (unpaired) electrons. The van der Waals surface area contributed by atoms with Gasteiger partial charge in [-0.05, 0) is 50.6 Å². The maximum absolute atomic E-state index is 13.3. The van der Waals surface area contributed by atoms with E-state index in [1.165, 1.54) is 6.20 Å². The molecule has 37 heavy (non-hydrogen) atoms. The average Bonchev–Trinajstić information content (AvgIpc) is 3.27. The zero-order valence-electron chi connectivity index (χ0n) is 21.1. The number of likely N-dealkylation sites (N-methyl/N-ethyl adjacent to an activating group) is 2. The number of nitrogens with zero attached hydrogens (tertiary/aromatic N) is 4. The quantitative estimate of drug-likeness (QED) is 0.428. The first-order valence-corrected chi connectivity index (χ1v) is 12.4. The number of carbonyl (C=O) groups is 1. The Balaban J connectivity index is 1.67. The molecular formula is C26H33F3N6O2. The van der Waals surface area contributed by atoms with Gasteiger partial charge >= 0.3 is 6.18 Å². The molecule has 0 bridgehead atoms. The molecule has 0 aliphatic carbocycles. The molecule has 1 saturated heterocycles. The summed E-state index contributed by atoms with van der Waals surface area (Å²) in [4.78, 5) is 19.9. The number of hydrogen-bond acceptors (Lipinski definition) is 6. The first kappa shape index (κ1) is 27.0. The molecule has 3 heterocycles. The summed E-state index contributed by atoms with van der Waals surface area (Å²) in [5, 5.41) is 10.3. The Morgan fingerprint density at radius 2 is 2.03 bits per heavy atom. The lowest BCUT2D eigenvalue weighted by atomic mass is 10.00. The third kappa shape index (κ3) is 7.27. The maximum atomic E-state index is 13.3. The highest BCUT2D eigenvalue weighted by Crippen LogP contribution is 2.28. The fourth-order valence-corrected chi connectivity index (χ4v) is 4.47. The number of aromatic nitrogens is 3. The molecule has 0 unspecified atom stereocenters. The zero-order chi connectivity index (χ0) is 26.4. The third-order valence-corrected chi connectivity index (χ3v) is 6.49. The minimum Gasteiger partial charge on any atom is -0.381 e. The Bertz CT molecular complexity index is 1210. The second kappa shape index (κ2) is 12.0. The van der Waals surface area contributed by atoms with Crippen LogP contribution in [-0.2, 0) is 17.8 Å². The van der Waals surface area contributed by atoms with Crippen LogP contribution in [0.1, 0.15) is 28.8 Å². The van der Waals surface area contributed by atoms with E-state index in [4.69, 9.17) is 4.74 Å². The zero-order valence-corrected chi connectivity index (χ0v) is 21.1. The molecule has 3 aromatic rings. The third-order valence-electron chi connectivity index (χ3n) is 6.49. The molecule has 0 spiro atoms. The smallest absolute Gasteiger partial charge is 0.381 e. The summed E-state index contributed by atoms with van der Waals surface area (Å²) < 4.78 is 45.9. The van der Waals surface area contributed by atoms with Gasteiger partial charge in [0.05, 0.1) is 22.8 Å². The number of halogens is 3. The van der Waals surface area contributed by atoms with E-state index < -0.39 is 12.7 Å². The molecule has 2 aromatic heterocycles. The number of nitrogens with one attached hydrogen (secondary N) is 2. The molecule has 1 amide bonds. The Morgan fingerprint density at radius 3 is 2.76 bits per heavy atom. The van der Waals surface area contributed by atoms with Gasteiger partial charge in [0, 0.05) is 45.0 Å². The van der Waals surface area contributed by atoms with Gasteiger partial charge in [-0.15, -0.1) is 0 Å². The number of ether oxygens (including phenoxy) is 1. The molecule has 4 rings (SSSR count). The monoisotopic (exact) mass is 518 g/mol. The van der Waals surface area contributed by atoms with Crippen LogP contribution in [0.2, 0.25) is 0 Å². The molecule has 1 fully saturated rings. The van der Waals surface area contributed by atoms with E-state index >= 15 is 0 Å². The van der Waals surface area contributed by atoms with Crippen molar-refractivity contribution in [1.82, 2.24) is 30.3 Å². The van der Waals surface area contributed by atoms with E-state index in [2.05, 4.69) is 25.6 Å². The van der Waals surface area contributed by atoms with Crippen molar-refractivity contribution in [3.63, 3.8) is 0 Å². The standard InChI is InChI=1S/C26H33F3N6O2/c1-30-8-9-34(2)16-19-4-3-5-20(12-19)23-13-21(25(36)31-14-18-6-10-37-11-7-18)22-15-32-35(24(22)33-23)17-26(27,28)29/h3-5,12-13,15,18,30H,6-11,14,16-17H2,1-2H3,(H,31,36). The lowest BCUT2D eigenvalue weighted by Gasteiger charge is -2.22. The number of amides is 1. The molecule has 0 saturated carbocycles. The lowest BCUT2D eigenvalue weighted by molar-refractivity contribution is -0.141. The van der Waals surface area contributed by atoms with Crippen molar-refractivity contribution >= 4 is 16.9 Å². The van der Waals surface area contributed by atoms with Crippen LogP contribution in [0.4, 0.5) is 13.2 Å². The van der Waals surface area contributed by atoms with Crippen LogP contribution in [-0.4, -0.2) is 78.7 Å². The number of rotatable bonds is 10. The highest BCUT2D eigenvalue weighted by molar-refractivity contribution is 6.06. The van der Waals surface area contributed by atoms with Gasteiger partial charge in [-0.3, -0.25) is 4.79 Å². The lowest BCUT2D eigenvalue weighted by Crippen LogP contribution is -2.32. The predicted molar refractivity (Wildman–Crippen MR) is 135 cm³/mol. The Kier molecular flexibility index (Phi) is 8.78. The molecule has 0 atom stereocenters. The van der Waals surface area contributed by atoms with Crippen molar-refractivity contribution in [2.45, 2.75) is 32.1 Å². The minimum absolute atomic E-state index is 0.0302. The summed E-state index contributed by atoms with van der Waals surface area (Å²) in [5.74, 6) is -0.0475. The second-order valence-corrected chi connectivity index (χ2v) is 9.52. The number of alkyl halides is 3. The van der Waals surface area contributed by atoms with Gasteiger partial charge in [-0.25, -0.2) is 9.67 Å². The van der Waals surface area contributed by atoms with Crippen LogP contribution in [0.5, 0.6) is 0 Å². The fraction of sp³-hybridized carbons (Fsp3) is 0.500. The fourth-order valence-electron chi connectivity index (χ4n) is 4.47. The van der Waals surface area contributed by atoms with Crippen LogP contribution in [0.25, 0.3) is 22.3 Å². The van der Waals surface area contributed by atoms with Crippen molar-refractivity contribution < 1.29 is 22.7 Å². The van der Waals surface area contributed by atoms with Gasteiger partial charge in [-0.2, -0.15) is 18.3 Å². The summed E-state index contributed by atoms with van der Waals surface area (Å²) >= 11 is 0. The van der Waals surface area contributed by atoms with Gasteiger partial charge in [0.1, 0.15) is 6.54 Å². The number of benzene rings is 1. The van der Waals surface area contributed by atoms with Crippen molar-refractivity contribution in [2.75, 3.05) is 46.9 Å². The molecule has 2 N–H and O–H groups in total. The number of fused-ring (bicyclic) bond motifs is 1. The van der Waals surface area contributed by atoms with Crippen molar-refractivity contribution in [3.8, 4) is 11.3 Å². The van der Waals surface area contributed by atoms with E-state index in [1.54, 1.807) is 6.07 Å². The van der Waals surface area contributed by atoms with Crippen molar-refractivity contribution in [2.24, 2.45) is 5.92 Å². The second-order valence-electron chi connectivity index (χ2n) is 9.52. The van der Waals surface area contributed by atoms with Crippen LogP contribution in [0, 0.1) is 5.92 Å². The van der Waals surface area contributed by atoms with Gasteiger partial charge in [0.25, 0.3) is 5.91 Å². The number of hydrogen-bond donors (Lipinski definition) is 2. The normalized spacial score (nSPS) is 15.0. The van der Waals surface area contributed by atoms with E-state index in [1.807, 2.05) is 38.4 Å². The molecule has 1 aliphatic heterocycles. The molecular weight excluding hydrogens is 485 g/mol. The van der Waals surface area contributed by atoms with E-state index in [-0.39, 0.29) is 17.1 Å². The summed E-state index contributed by atoms with van der Waals surface area (Å²) in [5.41, 5.74) is 2.47. The summed E-state index contributed by atoms with van der Waals surface area (Å²) in [6, 6.07) is 9.33. The van der Waals surface area contributed by atoms with Gasteiger partial charge < -0.3 is 20.3 Å². The van der Waals surface area contributed by atoms with E-state index in [9.17, 15) is 18.0 Å².